The number of Topliss-reactive ketones (excluding diaryl/α,β-unsaturated/α-hetero) is 1. The summed E-state index contributed by atoms with van der Waals surface area (Å²) >= 11 is 0. The van der Waals surface area contributed by atoms with Gasteiger partial charge in [-0.1, -0.05) is 19.4 Å². The molecule has 0 aromatic heterocycles. The summed E-state index contributed by atoms with van der Waals surface area (Å²) in [6, 6.07) is 0. The first-order valence-electron chi connectivity index (χ1n) is 9.80. The van der Waals surface area contributed by atoms with Crippen LogP contribution in [0.4, 0.5) is 0 Å². The highest BCUT2D eigenvalue weighted by atomic mass is 16.5. The van der Waals surface area contributed by atoms with E-state index in [4.69, 9.17) is 0 Å². The molecule has 0 spiro atoms. The standard InChI is InChI=1S/C21H30O4/c1-12(22)15-6-7-16-14-5-4-13-10-18(23)21(24,25)11-20(13,3)17(14)8-9-19(15,16)2/h10,14-17,24-25H,4-9,11H2,1-3H3/t14-,15+,16-,17-,19+,20-/m0/s1. The van der Waals surface area contributed by atoms with Gasteiger partial charge in [-0.3, -0.25) is 9.59 Å². The van der Waals surface area contributed by atoms with Crippen molar-refractivity contribution < 1.29 is 19.8 Å². The second-order valence-corrected chi connectivity index (χ2v) is 9.65. The van der Waals surface area contributed by atoms with Gasteiger partial charge in [-0.05, 0) is 80.1 Å². The molecule has 138 valence electrons. The maximum atomic E-state index is 12.2. The first-order valence-corrected chi connectivity index (χ1v) is 9.80. The number of fused-ring (bicyclic) bond motifs is 5. The second kappa shape index (κ2) is 5.26. The quantitative estimate of drug-likeness (QED) is 0.716. The number of hydrogen-bond donors (Lipinski definition) is 2. The summed E-state index contributed by atoms with van der Waals surface area (Å²) in [4.78, 5) is 24.2. The summed E-state index contributed by atoms with van der Waals surface area (Å²) in [7, 11) is 0. The van der Waals surface area contributed by atoms with E-state index in [2.05, 4.69) is 13.8 Å². The van der Waals surface area contributed by atoms with Crippen LogP contribution in [0.5, 0.6) is 0 Å². The fraction of sp³-hybridized carbons (Fsp3) is 0.810. The molecule has 3 saturated carbocycles. The zero-order chi connectivity index (χ0) is 18.2. The summed E-state index contributed by atoms with van der Waals surface area (Å²) < 4.78 is 0. The van der Waals surface area contributed by atoms with E-state index >= 15 is 0 Å². The molecule has 4 heteroatoms. The van der Waals surface area contributed by atoms with Gasteiger partial charge in [0, 0.05) is 12.3 Å². The number of rotatable bonds is 1. The average Bonchev–Trinajstić information content (AvgIpc) is 2.86. The van der Waals surface area contributed by atoms with Gasteiger partial charge < -0.3 is 10.2 Å². The van der Waals surface area contributed by atoms with Crippen LogP contribution in [-0.4, -0.2) is 27.6 Å². The van der Waals surface area contributed by atoms with Crippen molar-refractivity contribution >= 4 is 11.6 Å². The lowest BCUT2D eigenvalue weighted by Crippen LogP contribution is -2.55. The van der Waals surface area contributed by atoms with Crippen molar-refractivity contribution in [1.82, 2.24) is 0 Å². The molecular formula is C21H30O4. The van der Waals surface area contributed by atoms with Gasteiger partial charge in [0.15, 0.2) is 0 Å². The fourth-order valence-electron chi connectivity index (χ4n) is 7.35. The van der Waals surface area contributed by atoms with Crippen molar-refractivity contribution in [2.75, 3.05) is 0 Å². The number of aliphatic hydroxyl groups is 2. The Bertz CT molecular complexity index is 663. The molecule has 25 heavy (non-hydrogen) atoms. The lowest BCUT2D eigenvalue weighted by atomic mass is 9.46. The summed E-state index contributed by atoms with van der Waals surface area (Å²) in [5.41, 5.74) is 0.905. The van der Waals surface area contributed by atoms with Gasteiger partial charge in [-0.25, -0.2) is 0 Å². The van der Waals surface area contributed by atoms with E-state index in [1.54, 1.807) is 6.92 Å². The third kappa shape index (κ3) is 2.26. The lowest BCUT2D eigenvalue weighted by Gasteiger charge is -2.58. The van der Waals surface area contributed by atoms with Crippen LogP contribution in [0.1, 0.15) is 65.7 Å². The van der Waals surface area contributed by atoms with Crippen LogP contribution >= 0.6 is 0 Å². The van der Waals surface area contributed by atoms with E-state index in [9.17, 15) is 19.8 Å². The SMILES string of the molecule is CC(=O)[C@H]1CC[C@H]2[C@@H]3CCC4=CC(=O)C(O)(O)C[C@]4(C)[C@H]3CC[C@]12C. The third-order valence-electron chi connectivity index (χ3n) is 8.54. The van der Waals surface area contributed by atoms with Gasteiger partial charge in [0.1, 0.15) is 5.78 Å². The molecule has 6 atom stereocenters. The molecule has 0 aromatic carbocycles. The van der Waals surface area contributed by atoms with Crippen molar-refractivity contribution in [2.45, 2.75) is 71.5 Å². The lowest BCUT2D eigenvalue weighted by molar-refractivity contribution is -0.199. The van der Waals surface area contributed by atoms with Crippen molar-refractivity contribution in [3.05, 3.63) is 11.6 Å². The van der Waals surface area contributed by atoms with Crippen molar-refractivity contribution in [3.63, 3.8) is 0 Å². The number of hydrogen-bond acceptors (Lipinski definition) is 4. The van der Waals surface area contributed by atoms with Gasteiger partial charge in [0.05, 0.1) is 0 Å². The van der Waals surface area contributed by atoms with Crippen LogP contribution in [0.15, 0.2) is 11.6 Å². The van der Waals surface area contributed by atoms with E-state index in [1.807, 2.05) is 0 Å². The maximum absolute atomic E-state index is 12.2. The molecule has 0 heterocycles. The Hall–Kier alpha value is -1.00. The second-order valence-electron chi connectivity index (χ2n) is 9.65. The minimum absolute atomic E-state index is 0.102. The minimum Gasteiger partial charge on any atom is -0.359 e. The zero-order valence-electron chi connectivity index (χ0n) is 15.5. The van der Waals surface area contributed by atoms with Crippen LogP contribution in [0.2, 0.25) is 0 Å². The summed E-state index contributed by atoms with van der Waals surface area (Å²) in [5.74, 6) is -0.819. The van der Waals surface area contributed by atoms with Crippen molar-refractivity contribution in [3.8, 4) is 0 Å². The predicted octanol–water partition coefficient (Wildman–Crippen LogP) is 3.01. The van der Waals surface area contributed by atoms with E-state index in [-0.39, 0.29) is 23.2 Å². The third-order valence-corrected chi connectivity index (χ3v) is 8.54. The smallest absolute Gasteiger partial charge is 0.228 e. The van der Waals surface area contributed by atoms with Gasteiger partial charge in [-0.15, -0.1) is 0 Å². The Morgan fingerprint density at radius 2 is 1.84 bits per heavy atom. The molecule has 0 bridgehead atoms. The largest absolute Gasteiger partial charge is 0.359 e. The summed E-state index contributed by atoms with van der Waals surface area (Å²) in [5, 5.41) is 20.4. The number of carbonyl (C=O) groups excluding carboxylic acids is 2. The molecule has 0 radical (unpaired) electrons. The topological polar surface area (TPSA) is 74.6 Å². The van der Waals surface area contributed by atoms with E-state index in [0.29, 0.717) is 23.5 Å². The summed E-state index contributed by atoms with van der Waals surface area (Å²) in [6.07, 6.45) is 7.72. The normalized spacial score (nSPS) is 48.2. The fourth-order valence-corrected chi connectivity index (χ4v) is 7.35. The van der Waals surface area contributed by atoms with Gasteiger partial charge in [-0.2, -0.15) is 0 Å². The molecule has 4 aliphatic carbocycles. The molecule has 4 rings (SSSR count). The monoisotopic (exact) mass is 346 g/mol. The first-order chi connectivity index (χ1) is 11.6. The van der Waals surface area contributed by atoms with Crippen molar-refractivity contribution in [2.24, 2.45) is 34.5 Å². The van der Waals surface area contributed by atoms with Gasteiger partial charge >= 0.3 is 0 Å². The van der Waals surface area contributed by atoms with Crippen LogP contribution in [-0.2, 0) is 9.59 Å². The average molecular weight is 346 g/mol. The molecule has 4 nitrogen and oxygen atoms in total. The van der Waals surface area contributed by atoms with E-state index in [0.717, 1.165) is 44.1 Å². The number of ketones is 2. The zero-order valence-corrected chi connectivity index (χ0v) is 15.5. The van der Waals surface area contributed by atoms with Gasteiger partial charge in [0.25, 0.3) is 0 Å². The number of carbonyl (C=O) groups is 2. The van der Waals surface area contributed by atoms with Gasteiger partial charge in [0.2, 0.25) is 11.6 Å². The molecule has 0 unspecified atom stereocenters. The predicted molar refractivity (Wildman–Crippen MR) is 93.4 cm³/mol. The Morgan fingerprint density at radius 3 is 2.52 bits per heavy atom. The Morgan fingerprint density at radius 1 is 1.12 bits per heavy atom. The molecule has 0 saturated heterocycles. The summed E-state index contributed by atoms with van der Waals surface area (Å²) in [6.45, 7) is 6.18. The number of allylic oxidation sites excluding steroid dienone is 1. The molecule has 0 aromatic rings. The molecule has 3 fully saturated rings. The van der Waals surface area contributed by atoms with Crippen LogP contribution in [0, 0.1) is 34.5 Å². The highest BCUT2D eigenvalue weighted by Gasteiger charge is 2.61. The molecule has 0 aliphatic heterocycles. The maximum Gasteiger partial charge on any atom is 0.228 e. The Kier molecular flexibility index (Phi) is 3.66. The first kappa shape index (κ1) is 17.4. The molecule has 4 aliphatic rings. The Balaban J connectivity index is 1.69. The molecular weight excluding hydrogens is 316 g/mol. The minimum atomic E-state index is -2.22. The highest BCUT2D eigenvalue weighted by Crippen LogP contribution is 2.67. The Labute approximate surface area is 149 Å². The highest BCUT2D eigenvalue weighted by molar-refractivity contribution is 5.97. The van der Waals surface area contributed by atoms with E-state index < -0.39 is 11.6 Å². The van der Waals surface area contributed by atoms with Crippen LogP contribution < -0.4 is 0 Å². The van der Waals surface area contributed by atoms with Crippen LogP contribution in [0.3, 0.4) is 0 Å². The van der Waals surface area contributed by atoms with Crippen molar-refractivity contribution in [1.29, 1.82) is 0 Å². The molecule has 0 amide bonds. The molecule has 2 N–H and O–H groups in total. The van der Waals surface area contributed by atoms with E-state index in [1.165, 1.54) is 6.08 Å². The van der Waals surface area contributed by atoms with Crippen LogP contribution in [0.25, 0.3) is 0 Å².